The maximum absolute atomic E-state index is 6.04. The van der Waals surface area contributed by atoms with E-state index in [1.165, 1.54) is 0 Å². The Morgan fingerprint density at radius 3 is 2.82 bits per heavy atom. The molecule has 2 N–H and O–H groups in total. The number of benzene rings is 1. The lowest BCUT2D eigenvalue weighted by molar-refractivity contribution is 0.288. The van der Waals surface area contributed by atoms with Gasteiger partial charge in [0.2, 0.25) is 0 Å². The highest BCUT2D eigenvalue weighted by Crippen LogP contribution is 2.31. The summed E-state index contributed by atoms with van der Waals surface area (Å²) in [4.78, 5) is 0. The molecule has 0 atom stereocenters. The first kappa shape index (κ1) is 12.2. The molecule has 0 amide bonds. The van der Waals surface area contributed by atoms with Crippen LogP contribution in [-0.4, -0.2) is 18.3 Å². The summed E-state index contributed by atoms with van der Waals surface area (Å²) in [7, 11) is 0. The van der Waals surface area contributed by atoms with Crippen molar-refractivity contribution in [1.29, 1.82) is 0 Å². The highest BCUT2D eigenvalue weighted by Gasteiger charge is 2.11. The average molecular weight is 273 g/mol. The lowest BCUT2D eigenvalue weighted by Crippen LogP contribution is -2.10. The van der Waals surface area contributed by atoms with Gasteiger partial charge in [0.1, 0.15) is 6.61 Å². The first-order chi connectivity index (χ1) is 8.20. The van der Waals surface area contributed by atoms with E-state index in [9.17, 15) is 0 Å². The monoisotopic (exact) mass is 272 g/mol. The molecule has 0 spiro atoms. The molecular weight excluding hydrogens is 263 g/mol. The number of halogens is 2. The van der Waals surface area contributed by atoms with Crippen LogP contribution in [0.1, 0.15) is 0 Å². The number of hydrogen-bond acceptors (Lipinski definition) is 4. The van der Waals surface area contributed by atoms with Crippen molar-refractivity contribution in [3.63, 3.8) is 0 Å². The van der Waals surface area contributed by atoms with Gasteiger partial charge in [-0.2, -0.15) is 0 Å². The zero-order valence-electron chi connectivity index (χ0n) is 8.82. The standard InChI is InChI=1S/C11H10Cl2N2O2/c12-7-1-2-8(9(13)5-7)10-6-11(15-17-10)16-4-3-14/h1-2,5-6H,3-4,14H2. The van der Waals surface area contributed by atoms with Crippen LogP contribution >= 0.6 is 23.2 Å². The summed E-state index contributed by atoms with van der Waals surface area (Å²) in [5, 5.41) is 4.82. The second-order valence-electron chi connectivity index (χ2n) is 3.29. The summed E-state index contributed by atoms with van der Waals surface area (Å²) in [6, 6.07) is 6.79. The Morgan fingerprint density at radius 1 is 1.29 bits per heavy atom. The number of ether oxygens (including phenoxy) is 1. The smallest absolute Gasteiger partial charge is 0.254 e. The van der Waals surface area contributed by atoms with Crippen LogP contribution in [0.3, 0.4) is 0 Å². The van der Waals surface area contributed by atoms with Gasteiger partial charge < -0.3 is 15.0 Å². The fourth-order valence-electron chi connectivity index (χ4n) is 1.31. The quantitative estimate of drug-likeness (QED) is 0.930. The van der Waals surface area contributed by atoms with E-state index < -0.39 is 0 Å². The van der Waals surface area contributed by atoms with E-state index in [0.29, 0.717) is 40.4 Å². The third-order valence-electron chi connectivity index (χ3n) is 2.05. The average Bonchev–Trinajstić information content (AvgIpc) is 2.75. The summed E-state index contributed by atoms with van der Waals surface area (Å²) < 4.78 is 10.3. The maximum Gasteiger partial charge on any atom is 0.254 e. The summed E-state index contributed by atoms with van der Waals surface area (Å²) in [5.74, 6) is 0.912. The Kier molecular flexibility index (Phi) is 3.89. The Bertz CT molecular complexity index is 514. The zero-order valence-corrected chi connectivity index (χ0v) is 10.3. The summed E-state index contributed by atoms with van der Waals surface area (Å²) in [6.07, 6.45) is 0. The van der Waals surface area contributed by atoms with E-state index in [0.717, 1.165) is 0 Å². The molecule has 4 nitrogen and oxygen atoms in total. The second-order valence-corrected chi connectivity index (χ2v) is 4.13. The topological polar surface area (TPSA) is 61.3 Å². The predicted molar refractivity (Wildman–Crippen MR) is 66.5 cm³/mol. The SMILES string of the molecule is NCCOc1cc(-c2ccc(Cl)cc2Cl)on1. The molecule has 0 aliphatic rings. The zero-order chi connectivity index (χ0) is 12.3. The Hall–Kier alpha value is -1.23. The van der Waals surface area contributed by atoms with E-state index in [-0.39, 0.29) is 0 Å². The number of hydrogen-bond donors (Lipinski definition) is 1. The van der Waals surface area contributed by atoms with Crippen molar-refractivity contribution >= 4 is 23.2 Å². The van der Waals surface area contributed by atoms with Crippen LogP contribution in [0.2, 0.25) is 10.0 Å². The molecule has 2 aromatic rings. The van der Waals surface area contributed by atoms with Gasteiger partial charge in [0.15, 0.2) is 5.76 Å². The number of nitrogens with two attached hydrogens (primary N) is 1. The molecule has 1 aromatic carbocycles. The molecule has 0 bridgehead atoms. The van der Waals surface area contributed by atoms with Gasteiger partial charge in [0.05, 0.1) is 5.02 Å². The number of rotatable bonds is 4. The molecule has 1 aromatic heterocycles. The normalized spacial score (nSPS) is 10.5. The largest absolute Gasteiger partial charge is 0.474 e. The fraction of sp³-hybridized carbons (Fsp3) is 0.182. The third-order valence-corrected chi connectivity index (χ3v) is 2.60. The van der Waals surface area contributed by atoms with Gasteiger partial charge in [-0.3, -0.25) is 0 Å². The van der Waals surface area contributed by atoms with Crippen molar-refractivity contribution in [2.45, 2.75) is 0 Å². The summed E-state index contributed by atoms with van der Waals surface area (Å²) in [5.41, 5.74) is 6.03. The molecule has 90 valence electrons. The molecule has 2 rings (SSSR count). The Morgan fingerprint density at radius 2 is 2.12 bits per heavy atom. The van der Waals surface area contributed by atoms with E-state index in [2.05, 4.69) is 5.16 Å². The van der Waals surface area contributed by atoms with Crippen LogP contribution < -0.4 is 10.5 Å². The highest BCUT2D eigenvalue weighted by atomic mass is 35.5. The van der Waals surface area contributed by atoms with Crippen LogP contribution in [0, 0.1) is 0 Å². The van der Waals surface area contributed by atoms with Crippen LogP contribution in [0.5, 0.6) is 5.88 Å². The minimum atomic E-state index is 0.386. The molecule has 17 heavy (non-hydrogen) atoms. The van der Waals surface area contributed by atoms with Crippen molar-refractivity contribution in [3.8, 4) is 17.2 Å². The number of aromatic nitrogens is 1. The van der Waals surface area contributed by atoms with E-state index in [1.54, 1.807) is 24.3 Å². The van der Waals surface area contributed by atoms with Gasteiger partial charge in [-0.05, 0) is 23.4 Å². The van der Waals surface area contributed by atoms with Gasteiger partial charge in [-0.15, -0.1) is 0 Å². The van der Waals surface area contributed by atoms with Crippen LogP contribution in [0.15, 0.2) is 28.8 Å². The molecule has 0 saturated heterocycles. The lowest BCUT2D eigenvalue weighted by Gasteiger charge is -1.99. The number of nitrogens with zero attached hydrogens (tertiary/aromatic N) is 1. The summed E-state index contributed by atoms with van der Waals surface area (Å²) >= 11 is 11.9. The van der Waals surface area contributed by atoms with Crippen molar-refractivity contribution in [3.05, 3.63) is 34.3 Å². The van der Waals surface area contributed by atoms with Crippen LogP contribution in [-0.2, 0) is 0 Å². The molecule has 1 heterocycles. The minimum absolute atomic E-state index is 0.386. The van der Waals surface area contributed by atoms with Crippen molar-refractivity contribution in [2.24, 2.45) is 5.73 Å². The Balaban J connectivity index is 2.24. The molecule has 0 aliphatic carbocycles. The third kappa shape index (κ3) is 2.91. The van der Waals surface area contributed by atoms with Gasteiger partial charge in [-0.25, -0.2) is 0 Å². The van der Waals surface area contributed by atoms with Crippen molar-refractivity contribution < 1.29 is 9.26 Å². The van der Waals surface area contributed by atoms with Gasteiger partial charge in [0, 0.05) is 23.2 Å². The summed E-state index contributed by atoms with van der Waals surface area (Å²) in [6.45, 7) is 0.810. The van der Waals surface area contributed by atoms with Gasteiger partial charge in [-0.1, -0.05) is 23.2 Å². The van der Waals surface area contributed by atoms with E-state index >= 15 is 0 Å². The van der Waals surface area contributed by atoms with Crippen LogP contribution in [0.25, 0.3) is 11.3 Å². The molecular formula is C11H10Cl2N2O2. The Labute approximate surface area is 108 Å². The first-order valence-electron chi connectivity index (χ1n) is 4.95. The van der Waals surface area contributed by atoms with Gasteiger partial charge >= 0.3 is 0 Å². The van der Waals surface area contributed by atoms with Crippen molar-refractivity contribution in [1.82, 2.24) is 5.16 Å². The van der Waals surface area contributed by atoms with Crippen molar-refractivity contribution in [2.75, 3.05) is 13.2 Å². The molecule has 0 aliphatic heterocycles. The molecule has 0 radical (unpaired) electrons. The molecule has 6 heteroatoms. The fourth-order valence-corrected chi connectivity index (χ4v) is 1.81. The van der Waals surface area contributed by atoms with Crippen LogP contribution in [0.4, 0.5) is 0 Å². The van der Waals surface area contributed by atoms with E-state index in [1.807, 2.05) is 0 Å². The maximum atomic E-state index is 6.04. The second kappa shape index (κ2) is 5.40. The molecule has 0 saturated carbocycles. The predicted octanol–water partition coefficient (Wildman–Crippen LogP) is 2.99. The minimum Gasteiger partial charge on any atom is -0.474 e. The first-order valence-corrected chi connectivity index (χ1v) is 5.71. The van der Waals surface area contributed by atoms with Gasteiger partial charge in [0.25, 0.3) is 5.88 Å². The lowest BCUT2D eigenvalue weighted by atomic mass is 10.2. The van der Waals surface area contributed by atoms with E-state index in [4.69, 9.17) is 38.2 Å². The molecule has 0 unspecified atom stereocenters. The molecule has 0 fully saturated rings. The highest BCUT2D eigenvalue weighted by molar-refractivity contribution is 6.36.